The van der Waals surface area contributed by atoms with Crippen LogP contribution in [0.25, 0.3) is 0 Å². The average Bonchev–Trinajstić information content (AvgIpc) is 2.66. The summed E-state index contributed by atoms with van der Waals surface area (Å²) < 4.78 is 1.63. The van der Waals surface area contributed by atoms with Gasteiger partial charge in [0, 0.05) is 35.8 Å². The molecule has 138 valence electrons. The van der Waals surface area contributed by atoms with Gasteiger partial charge >= 0.3 is 0 Å². The SMILES string of the molecule is CCc1c(C)nc2n(c1=O)CC(C(=O)N(CCO)c1ccccc1)CS2. The lowest BCUT2D eigenvalue weighted by Crippen LogP contribution is -2.44. The van der Waals surface area contributed by atoms with Crippen molar-refractivity contribution in [2.45, 2.75) is 32.0 Å². The Labute approximate surface area is 156 Å². The first kappa shape index (κ1) is 18.7. The van der Waals surface area contributed by atoms with Gasteiger partial charge in [0.05, 0.1) is 12.5 Å². The zero-order chi connectivity index (χ0) is 18.7. The number of para-hydroxylation sites is 1. The summed E-state index contributed by atoms with van der Waals surface area (Å²) in [6, 6.07) is 9.32. The zero-order valence-corrected chi connectivity index (χ0v) is 15.8. The van der Waals surface area contributed by atoms with Crippen LogP contribution in [0.15, 0.2) is 40.3 Å². The van der Waals surface area contributed by atoms with E-state index in [1.54, 1.807) is 9.47 Å². The smallest absolute Gasteiger partial charge is 0.257 e. The van der Waals surface area contributed by atoms with Crippen LogP contribution >= 0.6 is 11.8 Å². The predicted molar refractivity (Wildman–Crippen MR) is 103 cm³/mol. The fourth-order valence-corrected chi connectivity index (χ4v) is 4.36. The summed E-state index contributed by atoms with van der Waals surface area (Å²) in [7, 11) is 0. The Kier molecular flexibility index (Phi) is 5.78. The second-order valence-corrected chi connectivity index (χ2v) is 7.27. The van der Waals surface area contributed by atoms with Gasteiger partial charge in [-0.15, -0.1) is 0 Å². The highest BCUT2D eigenvalue weighted by atomic mass is 32.2. The zero-order valence-electron chi connectivity index (χ0n) is 15.0. The molecule has 1 aliphatic heterocycles. The Morgan fingerprint density at radius 2 is 2.12 bits per heavy atom. The maximum atomic E-state index is 13.1. The number of nitrogens with zero attached hydrogens (tertiary/aromatic N) is 3. The highest BCUT2D eigenvalue weighted by Crippen LogP contribution is 2.28. The van der Waals surface area contributed by atoms with Gasteiger partial charge in [-0.1, -0.05) is 36.9 Å². The van der Waals surface area contributed by atoms with E-state index in [0.29, 0.717) is 29.4 Å². The molecule has 1 aromatic heterocycles. The number of benzene rings is 1. The lowest BCUT2D eigenvalue weighted by molar-refractivity contribution is -0.122. The summed E-state index contributed by atoms with van der Waals surface area (Å²) >= 11 is 1.45. The predicted octanol–water partition coefficient (Wildman–Crippen LogP) is 1.86. The van der Waals surface area contributed by atoms with Crippen molar-refractivity contribution in [1.29, 1.82) is 0 Å². The van der Waals surface area contributed by atoms with Crippen molar-refractivity contribution >= 4 is 23.4 Å². The molecule has 0 saturated heterocycles. The summed E-state index contributed by atoms with van der Waals surface area (Å²) in [6.07, 6.45) is 0.627. The van der Waals surface area contributed by atoms with Gasteiger partial charge < -0.3 is 10.0 Å². The van der Waals surface area contributed by atoms with Gasteiger partial charge in [-0.25, -0.2) is 4.98 Å². The molecule has 3 rings (SSSR count). The highest BCUT2D eigenvalue weighted by molar-refractivity contribution is 7.99. The molecule has 0 bridgehead atoms. The molecule has 1 aliphatic rings. The van der Waals surface area contributed by atoms with Crippen LogP contribution in [0, 0.1) is 12.8 Å². The number of aromatic nitrogens is 2. The van der Waals surface area contributed by atoms with Gasteiger partial charge in [0.15, 0.2) is 5.16 Å². The van der Waals surface area contributed by atoms with Crippen LogP contribution in [0.4, 0.5) is 5.69 Å². The number of thioether (sulfide) groups is 1. The summed E-state index contributed by atoms with van der Waals surface area (Å²) in [6.45, 7) is 4.25. The molecule has 7 heteroatoms. The van der Waals surface area contributed by atoms with E-state index in [4.69, 9.17) is 0 Å². The second kappa shape index (κ2) is 8.05. The summed E-state index contributed by atoms with van der Waals surface area (Å²) in [5.41, 5.74) is 2.18. The third kappa shape index (κ3) is 3.54. The Morgan fingerprint density at radius 3 is 2.77 bits per heavy atom. The first-order valence-corrected chi connectivity index (χ1v) is 9.75. The summed E-state index contributed by atoms with van der Waals surface area (Å²) in [5.74, 6) is 0.172. The molecular weight excluding hydrogens is 350 g/mol. The topological polar surface area (TPSA) is 75.4 Å². The summed E-state index contributed by atoms with van der Waals surface area (Å²) in [5, 5.41) is 10.1. The maximum Gasteiger partial charge on any atom is 0.257 e. The molecule has 0 radical (unpaired) electrons. The van der Waals surface area contributed by atoms with Crippen LogP contribution in [0.2, 0.25) is 0 Å². The standard InChI is InChI=1S/C19H23N3O3S/c1-3-16-13(2)20-19-22(18(16)25)11-14(12-26-19)17(24)21(9-10-23)15-7-5-4-6-8-15/h4-8,14,23H,3,9-12H2,1-2H3. The molecule has 1 unspecified atom stereocenters. The quantitative estimate of drug-likeness (QED) is 0.810. The number of carbonyl (C=O) groups excluding carboxylic acids is 1. The Hall–Kier alpha value is -2.12. The number of hydrogen-bond acceptors (Lipinski definition) is 5. The van der Waals surface area contributed by atoms with E-state index in [0.717, 1.165) is 11.4 Å². The summed E-state index contributed by atoms with van der Waals surface area (Å²) in [4.78, 5) is 32.0. The Morgan fingerprint density at radius 1 is 1.38 bits per heavy atom. The fourth-order valence-electron chi connectivity index (χ4n) is 3.25. The number of aliphatic hydroxyl groups excluding tert-OH is 1. The molecule has 1 amide bonds. The first-order valence-electron chi connectivity index (χ1n) is 8.77. The van der Waals surface area contributed by atoms with Gasteiger partial charge in [-0.05, 0) is 25.5 Å². The van der Waals surface area contributed by atoms with Gasteiger partial charge in [0.1, 0.15) is 0 Å². The third-order valence-corrected chi connectivity index (χ3v) is 5.75. The van der Waals surface area contributed by atoms with Gasteiger partial charge in [0.2, 0.25) is 5.91 Å². The normalized spacial score (nSPS) is 16.2. The molecule has 6 nitrogen and oxygen atoms in total. The second-order valence-electron chi connectivity index (χ2n) is 6.28. The third-order valence-electron chi connectivity index (χ3n) is 4.61. The fraction of sp³-hybridized carbons (Fsp3) is 0.421. The van der Waals surface area contributed by atoms with E-state index in [-0.39, 0.29) is 30.5 Å². The Balaban J connectivity index is 1.89. The first-order chi connectivity index (χ1) is 12.6. The number of hydrogen-bond donors (Lipinski definition) is 1. The highest BCUT2D eigenvalue weighted by Gasteiger charge is 2.31. The van der Waals surface area contributed by atoms with Crippen LogP contribution in [0.5, 0.6) is 0 Å². The van der Waals surface area contributed by atoms with Crippen molar-refractivity contribution in [2.24, 2.45) is 5.92 Å². The van der Waals surface area contributed by atoms with E-state index in [1.165, 1.54) is 11.8 Å². The number of amides is 1. The average molecular weight is 373 g/mol. The molecule has 0 fully saturated rings. The van der Waals surface area contributed by atoms with Crippen molar-refractivity contribution in [1.82, 2.24) is 9.55 Å². The van der Waals surface area contributed by atoms with Crippen LogP contribution in [0.3, 0.4) is 0 Å². The molecule has 1 atom stereocenters. The number of anilines is 1. The molecule has 0 aliphatic carbocycles. The number of fused-ring (bicyclic) bond motifs is 1. The van der Waals surface area contributed by atoms with Gasteiger partial charge in [0.25, 0.3) is 5.56 Å². The van der Waals surface area contributed by atoms with Crippen LogP contribution in [0.1, 0.15) is 18.2 Å². The van der Waals surface area contributed by atoms with Crippen molar-refractivity contribution < 1.29 is 9.90 Å². The van der Waals surface area contributed by atoms with Gasteiger partial charge in [-0.2, -0.15) is 0 Å². The van der Waals surface area contributed by atoms with Gasteiger partial charge in [-0.3, -0.25) is 14.2 Å². The Bertz CT molecular complexity index is 851. The number of aliphatic hydroxyl groups is 1. The van der Waals surface area contributed by atoms with Crippen LogP contribution < -0.4 is 10.5 Å². The lowest BCUT2D eigenvalue weighted by Gasteiger charge is -2.30. The molecule has 2 heterocycles. The molecular formula is C19H23N3O3S. The van der Waals surface area contributed by atoms with Crippen LogP contribution in [-0.4, -0.2) is 39.5 Å². The molecule has 0 spiro atoms. The number of carbonyl (C=O) groups is 1. The van der Waals surface area contributed by atoms with E-state index in [1.807, 2.05) is 44.2 Å². The van der Waals surface area contributed by atoms with E-state index < -0.39 is 0 Å². The molecule has 0 saturated carbocycles. The van der Waals surface area contributed by atoms with E-state index >= 15 is 0 Å². The minimum absolute atomic E-state index is 0.0478. The van der Waals surface area contributed by atoms with Crippen LogP contribution in [-0.2, 0) is 17.8 Å². The molecule has 26 heavy (non-hydrogen) atoms. The molecule has 2 aromatic rings. The molecule has 1 aromatic carbocycles. The van der Waals surface area contributed by atoms with E-state index in [2.05, 4.69) is 4.98 Å². The van der Waals surface area contributed by atoms with Crippen molar-refractivity contribution in [3.63, 3.8) is 0 Å². The maximum absolute atomic E-state index is 13.1. The minimum Gasteiger partial charge on any atom is -0.395 e. The van der Waals surface area contributed by atoms with E-state index in [9.17, 15) is 14.7 Å². The largest absolute Gasteiger partial charge is 0.395 e. The van der Waals surface area contributed by atoms with Crippen molar-refractivity contribution in [2.75, 3.05) is 23.8 Å². The monoisotopic (exact) mass is 373 g/mol. The lowest BCUT2D eigenvalue weighted by atomic mass is 10.1. The number of rotatable bonds is 5. The number of aryl methyl sites for hydroxylation is 1. The molecule has 1 N–H and O–H groups in total. The minimum atomic E-state index is -0.328. The van der Waals surface area contributed by atoms with Crippen molar-refractivity contribution in [3.05, 3.63) is 51.9 Å². The van der Waals surface area contributed by atoms with Crippen molar-refractivity contribution in [3.8, 4) is 0 Å².